The molecule has 0 amide bonds. The first-order valence-electron chi connectivity index (χ1n) is 5.95. The zero-order valence-electron chi connectivity index (χ0n) is 9.82. The van der Waals surface area contributed by atoms with Crippen molar-refractivity contribution < 1.29 is 0 Å². The molecule has 2 rings (SSSR count). The summed E-state index contributed by atoms with van der Waals surface area (Å²) < 4.78 is 0. The predicted octanol–water partition coefficient (Wildman–Crippen LogP) is 2.11. The molecule has 1 fully saturated rings. The number of hydrogen-bond donors (Lipinski definition) is 2. The highest BCUT2D eigenvalue weighted by molar-refractivity contribution is 5.22. The van der Waals surface area contributed by atoms with Gasteiger partial charge < -0.3 is 10.6 Å². The minimum atomic E-state index is 0.261. The Morgan fingerprint density at radius 3 is 2.56 bits per heavy atom. The Morgan fingerprint density at radius 1 is 1.38 bits per heavy atom. The average Bonchev–Trinajstić information content (AvgIpc) is 2.24. The molecule has 1 aliphatic heterocycles. The minimum Gasteiger partial charge on any atom is -0.316 e. The Kier molecular flexibility index (Phi) is 3.75. The van der Waals surface area contributed by atoms with Crippen LogP contribution in [0.1, 0.15) is 18.5 Å². The van der Waals surface area contributed by atoms with Gasteiger partial charge in [-0.15, -0.1) is 6.58 Å². The summed E-state index contributed by atoms with van der Waals surface area (Å²) in [6.07, 6.45) is 1.98. The first kappa shape index (κ1) is 11.4. The van der Waals surface area contributed by atoms with E-state index in [1.54, 1.807) is 0 Å². The molecule has 1 aliphatic rings. The van der Waals surface area contributed by atoms with E-state index in [1.807, 2.05) is 12.1 Å². The third-order valence-electron chi connectivity index (χ3n) is 3.36. The maximum atomic E-state index is 3.92. The van der Waals surface area contributed by atoms with Crippen LogP contribution in [0.25, 0.3) is 0 Å². The quantitative estimate of drug-likeness (QED) is 0.737. The van der Waals surface area contributed by atoms with Crippen LogP contribution in [0.4, 0.5) is 0 Å². The Labute approximate surface area is 97.8 Å². The third-order valence-corrected chi connectivity index (χ3v) is 3.36. The van der Waals surface area contributed by atoms with Crippen molar-refractivity contribution in [2.24, 2.45) is 5.92 Å². The smallest absolute Gasteiger partial charge is 0.0505 e. The highest BCUT2D eigenvalue weighted by Gasteiger charge is 2.24. The summed E-state index contributed by atoms with van der Waals surface area (Å²) in [5, 5.41) is 6.93. The predicted molar refractivity (Wildman–Crippen MR) is 68.3 cm³/mol. The summed E-state index contributed by atoms with van der Waals surface area (Å²) in [5.74, 6) is 0.756. The minimum absolute atomic E-state index is 0.261. The topological polar surface area (TPSA) is 24.1 Å². The van der Waals surface area contributed by atoms with Crippen molar-refractivity contribution in [2.45, 2.75) is 19.0 Å². The fourth-order valence-corrected chi connectivity index (χ4v) is 2.04. The van der Waals surface area contributed by atoms with E-state index < -0.39 is 0 Å². The highest BCUT2D eigenvalue weighted by atomic mass is 15.0. The molecule has 0 saturated carbocycles. The number of hydrogen-bond acceptors (Lipinski definition) is 2. The summed E-state index contributed by atoms with van der Waals surface area (Å²) >= 11 is 0. The van der Waals surface area contributed by atoms with E-state index >= 15 is 0 Å². The molecule has 0 radical (unpaired) electrons. The Balaban J connectivity index is 1.97. The second-order valence-corrected chi connectivity index (χ2v) is 4.50. The molecular formula is C14H20N2. The lowest BCUT2D eigenvalue weighted by Gasteiger charge is -2.35. The molecule has 16 heavy (non-hydrogen) atoms. The van der Waals surface area contributed by atoms with Crippen LogP contribution >= 0.6 is 0 Å². The number of nitrogens with one attached hydrogen (secondary N) is 2. The SMILES string of the molecule is C=CC(NC(C)C1CNC1)c1ccccc1. The Bertz CT molecular complexity index is 330. The van der Waals surface area contributed by atoms with Crippen LogP contribution in [0.15, 0.2) is 43.0 Å². The molecule has 2 heteroatoms. The molecule has 1 aromatic rings. The van der Waals surface area contributed by atoms with Gasteiger partial charge in [0.2, 0.25) is 0 Å². The van der Waals surface area contributed by atoms with Gasteiger partial charge in [-0.2, -0.15) is 0 Å². The lowest BCUT2D eigenvalue weighted by Crippen LogP contribution is -2.52. The van der Waals surface area contributed by atoms with E-state index in [4.69, 9.17) is 0 Å². The molecule has 1 heterocycles. The van der Waals surface area contributed by atoms with Gasteiger partial charge in [0.1, 0.15) is 0 Å². The van der Waals surface area contributed by atoms with Gasteiger partial charge in [0.05, 0.1) is 6.04 Å². The summed E-state index contributed by atoms with van der Waals surface area (Å²) in [6, 6.07) is 11.3. The monoisotopic (exact) mass is 216 g/mol. The first-order valence-corrected chi connectivity index (χ1v) is 5.95. The van der Waals surface area contributed by atoms with E-state index in [-0.39, 0.29) is 6.04 Å². The molecule has 2 N–H and O–H groups in total. The van der Waals surface area contributed by atoms with Crippen molar-refractivity contribution in [1.29, 1.82) is 0 Å². The molecule has 0 aliphatic carbocycles. The summed E-state index contributed by atoms with van der Waals surface area (Å²) in [4.78, 5) is 0. The lowest BCUT2D eigenvalue weighted by molar-refractivity contribution is 0.260. The van der Waals surface area contributed by atoms with Gasteiger partial charge in [-0.3, -0.25) is 0 Å². The van der Waals surface area contributed by atoms with Crippen LogP contribution < -0.4 is 10.6 Å². The van der Waals surface area contributed by atoms with Gasteiger partial charge in [0.15, 0.2) is 0 Å². The summed E-state index contributed by atoms with van der Waals surface area (Å²) in [5.41, 5.74) is 1.29. The maximum Gasteiger partial charge on any atom is 0.0505 e. The standard InChI is InChI=1S/C14H20N2/c1-3-14(12-7-5-4-6-8-12)16-11(2)13-9-15-10-13/h3-8,11,13-16H,1,9-10H2,2H3. The van der Waals surface area contributed by atoms with Crippen LogP contribution in [-0.4, -0.2) is 19.1 Å². The normalized spacial score (nSPS) is 19.8. The van der Waals surface area contributed by atoms with Crippen molar-refractivity contribution in [1.82, 2.24) is 10.6 Å². The summed E-state index contributed by atoms with van der Waals surface area (Å²) in [7, 11) is 0. The van der Waals surface area contributed by atoms with E-state index in [0.29, 0.717) is 6.04 Å². The Morgan fingerprint density at radius 2 is 2.06 bits per heavy atom. The van der Waals surface area contributed by atoms with Crippen molar-refractivity contribution in [2.75, 3.05) is 13.1 Å². The van der Waals surface area contributed by atoms with Gasteiger partial charge in [0, 0.05) is 19.1 Å². The highest BCUT2D eigenvalue weighted by Crippen LogP contribution is 2.17. The van der Waals surface area contributed by atoms with Gasteiger partial charge in [0.25, 0.3) is 0 Å². The zero-order chi connectivity index (χ0) is 11.4. The van der Waals surface area contributed by atoms with Gasteiger partial charge in [-0.05, 0) is 18.4 Å². The van der Waals surface area contributed by atoms with Crippen LogP contribution in [0.2, 0.25) is 0 Å². The summed E-state index contributed by atoms with van der Waals surface area (Å²) in [6.45, 7) is 8.43. The van der Waals surface area contributed by atoms with Crippen molar-refractivity contribution in [3.05, 3.63) is 48.6 Å². The van der Waals surface area contributed by atoms with Crippen molar-refractivity contribution in [3.8, 4) is 0 Å². The van der Waals surface area contributed by atoms with Gasteiger partial charge >= 0.3 is 0 Å². The second kappa shape index (κ2) is 5.28. The molecular weight excluding hydrogens is 196 g/mol. The molecule has 2 unspecified atom stereocenters. The number of benzene rings is 1. The van der Waals surface area contributed by atoms with Gasteiger partial charge in [-0.25, -0.2) is 0 Å². The molecule has 0 aromatic heterocycles. The fraction of sp³-hybridized carbons (Fsp3) is 0.429. The second-order valence-electron chi connectivity index (χ2n) is 4.50. The van der Waals surface area contributed by atoms with Gasteiger partial charge in [-0.1, -0.05) is 36.4 Å². The Hall–Kier alpha value is -1.12. The largest absolute Gasteiger partial charge is 0.316 e. The molecule has 0 bridgehead atoms. The number of rotatable bonds is 5. The zero-order valence-corrected chi connectivity index (χ0v) is 9.82. The van der Waals surface area contributed by atoms with Crippen LogP contribution in [0, 0.1) is 5.92 Å². The van der Waals surface area contributed by atoms with Crippen molar-refractivity contribution >= 4 is 0 Å². The fourth-order valence-electron chi connectivity index (χ4n) is 2.04. The van der Waals surface area contributed by atoms with E-state index in [1.165, 1.54) is 5.56 Å². The van der Waals surface area contributed by atoms with Crippen LogP contribution in [0.3, 0.4) is 0 Å². The maximum absolute atomic E-state index is 3.92. The van der Waals surface area contributed by atoms with E-state index in [2.05, 4.69) is 48.4 Å². The van der Waals surface area contributed by atoms with Crippen molar-refractivity contribution in [3.63, 3.8) is 0 Å². The molecule has 2 atom stereocenters. The van der Waals surface area contributed by atoms with E-state index in [0.717, 1.165) is 19.0 Å². The van der Waals surface area contributed by atoms with Crippen LogP contribution in [0.5, 0.6) is 0 Å². The average molecular weight is 216 g/mol. The third kappa shape index (κ3) is 2.52. The first-order chi connectivity index (χ1) is 7.81. The molecule has 0 spiro atoms. The molecule has 86 valence electrons. The molecule has 1 aromatic carbocycles. The lowest BCUT2D eigenvalue weighted by atomic mass is 9.94. The molecule has 2 nitrogen and oxygen atoms in total. The van der Waals surface area contributed by atoms with Crippen LogP contribution in [-0.2, 0) is 0 Å². The molecule has 1 saturated heterocycles. The van der Waals surface area contributed by atoms with E-state index in [9.17, 15) is 0 Å².